The van der Waals surface area contributed by atoms with Gasteiger partial charge in [-0.3, -0.25) is 14.4 Å². The molecule has 40 heavy (non-hydrogen) atoms. The van der Waals surface area contributed by atoms with Crippen LogP contribution in [-0.4, -0.2) is 23.9 Å². The highest BCUT2D eigenvalue weighted by Crippen LogP contribution is 2.63. The number of carbonyl (C=O) groups excluding carboxylic acids is 3. The third-order valence-electron chi connectivity index (χ3n) is 8.32. The molecule has 1 saturated heterocycles. The normalized spacial score (nSPS) is 24.1. The Labute approximate surface area is 243 Å². The topological polar surface area (TPSA) is 78.8 Å². The zero-order valence-electron chi connectivity index (χ0n) is 20.9. The van der Waals surface area contributed by atoms with Gasteiger partial charge >= 0.3 is 0 Å². The van der Waals surface area contributed by atoms with Crippen molar-refractivity contribution >= 4 is 57.2 Å². The van der Waals surface area contributed by atoms with Crippen molar-refractivity contribution in [1.82, 2.24) is 5.43 Å². The Balaban J connectivity index is 1.41. The molecule has 196 valence electrons. The van der Waals surface area contributed by atoms with E-state index in [-0.39, 0.29) is 23.6 Å². The quantitative estimate of drug-likeness (QED) is 0.173. The first kappa shape index (κ1) is 24.9. The van der Waals surface area contributed by atoms with Gasteiger partial charge in [-0.25, -0.2) is 10.3 Å². The van der Waals surface area contributed by atoms with E-state index in [2.05, 4.69) is 26.5 Å². The summed E-state index contributed by atoms with van der Waals surface area (Å²) < 4.78 is 0.858. The highest BCUT2D eigenvalue weighted by atomic mass is 79.9. The Morgan fingerprint density at radius 1 is 0.850 bits per heavy atom. The second-order valence-electron chi connectivity index (χ2n) is 10.2. The van der Waals surface area contributed by atoms with E-state index in [9.17, 15) is 14.4 Å². The third-order valence-corrected chi connectivity index (χ3v) is 9.17. The van der Waals surface area contributed by atoms with Crippen LogP contribution in [0.4, 0.5) is 5.69 Å². The summed E-state index contributed by atoms with van der Waals surface area (Å²) in [6, 6.07) is 29.6. The van der Waals surface area contributed by atoms with Gasteiger partial charge in [0, 0.05) is 22.2 Å². The van der Waals surface area contributed by atoms with Gasteiger partial charge in [0.1, 0.15) is 0 Å². The van der Waals surface area contributed by atoms with Crippen molar-refractivity contribution in [3.8, 4) is 0 Å². The smallest absolute Gasteiger partial charge is 0.271 e. The largest absolute Gasteiger partial charge is 0.274 e. The molecular weight excluding hydrogens is 590 g/mol. The second kappa shape index (κ2) is 9.25. The number of hydrazone groups is 1. The summed E-state index contributed by atoms with van der Waals surface area (Å²) >= 11 is 9.88. The van der Waals surface area contributed by atoms with Crippen molar-refractivity contribution in [3.63, 3.8) is 0 Å². The highest BCUT2D eigenvalue weighted by Gasteiger charge is 2.68. The molecule has 0 aromatic heterocycles. The van der Waals surface area contributed by atoms with Crippen molar-refractivity contribution in [1.29, 1.82) is 0 Å². The molecule has 0 saturated carbocycles. The summed E-state index contributed by atoms with van der Waals surface area (Å²) in [6.07, 6.45) is 1.65. The van der Waals surface area contributed by atoms with E-state index < -0.39 is 17.3 Å². The molecule has 0 radical (unpaired) electrons. The minimum absolute atomic E-state index is 0.284. The zero-order valence-corrected chi connectivity index (χ0v) is 23.3. The van der Waals surface area contributed by atoms with E-state index in [0.29, 0.717) is 16.3 Å². The average Bonchev–Trinajstić information content (AvgIpc) is 3.24. The van der Waals surface area contributed by atoms with Crippen molar-refractivity contribution in [2.75, 3.05) is 4.90 Å². The number of anilines is 1. The molecule has 6 nitrogen and oxygen atoms in total. The lowest BCUT2D eigenvalue weighted by Gasteiger charge is -2.52. The molecule has 1 heterocycles. The lowest BCUT2D eigenvalue weighted by atomic mass is 9.47. The van der Waals surface area contributed by atoms with Crippen molar-refractivity contribution in [3.05, 3.63) is 134 Å². The van der Waals surface area contributed by atoms with E-state index in [1.807, 2.05) is 48.5 Å². The molecule has 3 aliphatic carbocycles. The summed E-state index contributed by atoms with van der Waals surface area (Å²) in [6.45, 7) is 0. The molecule has 1 fully saturated rings. The van der Waals surface area contributed by atoms with Crippen molar-refractivity contribution in [2.24, 2.45) is 16.9 Å². The van der Waals surface area contributed by atoms with Crippen LogP contribution in [0, 0.1) is 11.8 Å². The summed E-state index contributed by atoms with van der Waals surface area (Å²) in [7, 11) is 0. The van der Waals surface area contributed by atoms with Crippen LogP contribution in [0.5, 0.6) is 0 Å². The van der Waals surface area contributed by atoms with Crippen LogP contribution in [-0.2, 0) is 15.0 Å². The molecule has 8 rings (SSSR count). The number of imide groups is 1. The zero-order chi connectivity index (χ0) is 27.6. The van der Waals surface area contributed by atoms with Gasteiger partial charge in [-0.15, -0.1) is 0 Å². The second-order valence-corrected chi connectivity index (χ2v) is 11.5. The van der Waals surface area contributed by atoms with E-state index in [1.54, 1.807) is 54.7 Å². The van der Waals surface area contributed by atoms with Crippen LogP contribution < -0.4 is 10.3 Å². The first-order valence-electron chi connectivity index (χ1n) is 12.8. The van der Waals surface area contributed by atoms with Crippen LogP contribution in [0.2, 0.25) is 5.02 Å². The predicted molar refractivity (Wildman–Crippen MR) is 157 cm³/mol. The fraction of sp³-hybridized carbons (Fsp3) is 0.125. The number of carbonyl (C=O) groups is 3. The number of para-hydroxylation sites is 1. The maximum absolute atomic E-state index is 14.4. The molecule has 3 amide bonds. The van der Waals surface area contributed by atoms with E-state index in [0.717, 1.165) is 26.7 Å². The fourth-order valence-electron chi connectivity index (χ4n) is 6.78. The maximum Gasteiger partial charge on any atom is 0.271 e. The van der Waals surface area contributed by atoms with Gasteiger partial charge < -0.3 is 0 Å². The Bertz CT molecular complexity index is 1710. The Morgan fingerprint density at radius 2 is 1.45 bits per heavy atom. The molecule has 4 aromatic rings. The van der Waals surface area contributed by atoms with Crippen molar-refractivity contribution < 1.29 is 14.4 Å². The molecule has 4 aromatic carbocycles. The number of hydrogen-bond acceptors (Lipinski definition) is 4. The van der Waals surface area contributed by atoms with Gasteiger partial charge in [-0.05, 0) is 58.7 Å². The van der Waals surface area contributed by atoms with Crippen molar-refractivity contribution in [2.45, 2.75) is 11.3 Å². The van der Waals surface area contributed by atoms with Gasteiger partial charge in [0.25, 0.3) is 5.91 Å². The highest BCUT2D eigenvalue weighted by molar-refractivity contribution is 9.10. The average molecular weight is 611 g/mol. The number of nitrogens with zero attached hydrogens (tertiary/aromatic N) is 2. The molecule has 1 aliphatic heterocycles. The van der Waals surface area contributed by atoms with Crippen LogP contribution in [0.3, 0.4) is 0 Å². The number of halogens is 2. The molecule has 0 spiro atoms. The number of amides is 3. The number of rotatable bonds is 4. The van der Waals surface area contributed by atoms with Gasteiger partial charge in [-0.2, -0.15) is 5.10 Å². The minimum Gasteiger partial charge on any atom is -0.274 e. The summed E-state index contributed by atoms with van der Waals surface area (Å²) in [5.41, 5.74) is 6.16. The molecule has 2 bridgehead atoms. The molecule has 4 aliphatic rings. The van der Waals surface area contributed by atoms with Gasteiger partial charge in [0.15, 0.2) is 0 Å². The van der Waals surface area contributed by atoms with Gasteiger partial charge in [0.05, 0.1) is 28.0 Å². The van der Waals surface area contributed by atoms with Gasteiger partial charge in [-0.1, -0.05) is 88.2 Å². The Morgan fingerprint density at radius 3 is 2.10 bits per heavy atom. The molecule has 1 N–H and O–H groups in total. The van der Waals surface area contributed by atoms with E-state index >= 15 is 0 Å². The molecule has 2 atom stereocenters. The van der Waals surface area contributed by atoms with E-state index in [4.69, 9.17) is 11.6 Å². The molecule has 0 unspecified atom stereocenters. The fourth-order valence-corrected chi connectivity index (χ4v) is 7.26. The van der Waals surface area contributed by atoms with Gasteiger partial charge in [0.2, 0.25) is 11.8 Å². The van der Waals surface area contributed by atoms with Crippen LogP contribution in [0.1, 0.15) is 38.5 Å². The molecule has 8 heteroatoms. The minimum atomic E-state index is -1.08. The van der Waals surface area contributed by atoms with Crippen LogP contribution in [0.25, 0.3) is 0 Å². The summed E-state index contributed by atoms with van der Waals surface area (Å²) in [4.78, 5) is 42.7. The number of hydrogen-bond donors (Lipinski definition) is 1. The SMILES string of the molecule is O=C(N/N=C\C12c3ccccc3C(c3ccccc31)[C@@H]1C(=O)N(c3ccccc3Cl)C(=O)[C@@H]12)c1ccc(Br)cc1. The maximum atomic E-state index is 14.4. The monoisotopic (exact) mass is 609 g/mol. The first-order valence-corrected chi connectivity index (χ1v) is 14.0. The Hall–Kier alpha value is -4.07. The summed E-state index contributed by atoms with van der Waals surface area (Å²) in [5, 5.41) is 4.78. The van der Waals surface area contributed by atoms with Crippen LogP contribution in [0.15, 0.2) is 107 Å². The first-order chi connectivity index (χ1) is 19.4. The number of nitrogens with one attached hydrogen (secondary N) is 1. The number of benzene rings is 4. The molecular formula is C32H21BrClN3O3. The predicted octanol–water partition coefficient (Wildman–Crippen LogP) is 6.07. The lowest BCUT2D eigenvalue weighted by Crippen LogP contribution is -2.54. The van der Waals surface area contributed by atoms with E-state index in [1.165, 1.54) is 4.90 Å². The lowest BCUT2D eigenvalue weighted by molar-refractivity contribution is -0.122. The standard InChI is InChI=1S/C32H21BrClN3O3/c33-19-15-13-18(14-16-19)29(38)36-35-17-32-22-9-3-1-7-20(22)26(21-8-2-4-10-23(21)32)27-28(32)31(40)37(30(27)39)25-12-6-5-11-24(25)34/h1-17,26-28H,(H,36,38)/b35-17-/t26?,27-,28+,32?/m0/s1. The Kier molecular flexibility index (Phi) is 5.77. The summed E-state index contributed by atoms with van der Waals surface area (Å²) in [5.74, 6) is -2.71. The third kappa shape index (κ3) is 3.41. The van der Waals surface area contributed by atoms with Crippen LogP contribution >= 0.6 is 27.5 Å².